The van der Waals surface area contributed by atoms with Crippen LogP contribution in [-0.4, -0.2) is 35.9 Å². The van der Waals surface area contributed by atoms with Crippen LogP contribution < -0.4 is 0 Å². The highest BCUT2D eigenvalue weighted by Crippen LogP contribution is 2.08. The summed E-state index contributed by atoms with van der Waals surface area (Å²) in [5.41, 5.74) is 0. The van der Waals surface area contributed by atoms with E-state index < -0.39 is 0 Å². The number of carbonyl (C=O) groups is 1. The molecule has 0 aromatic heterocycles. The molecule has 1 saturated heterocycles. The van der Waals surface area contributed by atoms with Gasteiger partial charge in [0.1, 0.15) is 0 Å². The highest BCUT2D eigenvalue weighted by molar-refractivity contribution is 8.13. The summed E-state index contributed by atoms with van der Waals surface area (Å²) in [5, 5.41) is 0.150. The summed E-state index contributed by atoms with van der Waals surface area (Å²) in [4.78, 5) is 13.3. The van der Waals surface area contributed by atoms with Gasteiger partial charge in [0, 0.05) is 6.54 Å². The molecule has 1 fully saturated rings. The fourth-order valence-corrected chi connectivity index (χ4v) is 1.74. The van der Waals surface area contributed by atoms with Gasteiger partial charge in [-0.3, -0.25) is 9.69 Å². The molecule has 0 amide bonds. The van der Waals surface area contributed by atoms with Gasteiger partial charge >= 0.3 is 0 Å². The fourth-order valence-electron chi connectivity index (χ4n) is 1.51. The molecule has 1 aliphatic rings. The molecule has 0 N–H and O–H groups in total. The van der Waals surface area contributed by atoms with Crippen LogP contribution in [0.15, 0.2) is 12.2 Å². The van der Waals surface area contributed by atoms with Crippen molar-refractivity contribution in [3.8, 4) is 0 Å². The first-order chi connectivity index (χ1) is 6.33. The number of rotatable bonds is 3. The van der Waals surface area contributed by atoms with Crippen LogP contribution in [0.3, 0.4) is 0 Å². The Morgan fingerprint density at radius 1 is 1.38 bits per heavy atom. The monoisotopic (exact) mass is 199 g/mol. The topological polar surface area (TPSA) is 20.3 Å². The van der Waals surface area contributed by atoms with Gasteiger partial charge in [0.2, 0.25) is 5.12 Å². The van der Waals surface area contributed by atoms with E-state index in [0.29, 0.717) is 0 Å². The maximum absolute atomic E-state index is 10.9. The van der Waals surface area contributed by atoms with E-state index in [9.17, 15) is 4.79 Å². The van der Waals surface area contributed by atoms with Crippen LogP contribution >= 0.6 is 11.8 Å². The predicted octanol–water partition coefficient (Wildman–Crippen LogP) is 1.92. The maximum atomic E-state index is 10.9. The minimum Gasteiger partial charge on any atom is -0.300 e. The minimum absolute atomic E-state index is 0.150. The second kappa shape index (κ2) is 6.22. The summed E-state index contributed by atoms with van der Waals surface area (Å²) in [6, 6.07) is 0. The molecule has 0 unspecified atom stereocenters. The molecule has 0 aromatic rings. The van der Waals surface area contributed by atoms with E-state index in [1.54, 1.807) is 6.08 Å². The Morgan fingerprint density at radius 2 is 2.08 bits per heavy atom. The number of piperidine rings is 1. The van der Waals surface area contributed by atoms with Crippen LogP contribution in [0.25, 0.3) is 0 Å². The number of thioether (sulfide) groups is 1. The standard InChI is InChI=1S/C10H17NOS/c1-13-10(12)6-5-9-11-7-3-2-4-8-11/h5-6H,2-4,7-9H2,1H3/b6-5+. The molecule has 2 nitrogen and oxygen atoms in total. The van der Waals surface area contributed by atoms with Crippen molar-refractivity contribution in [2.45, 2.75) is 19.3 Å². The van der Waals surface area contributed by atoms with Crippen LogP contribution in [0.2, 0.25) is 0 Å². The van der Waals surface area contributed by atoms with Crippen molar-refractivity contribution >= 4 is 16.9 Å². The van der Waals surface area contributed by atoms with Gasteiger partial charge in [-0.15, -0.1) is 0 Å². The number of hydrogen-bond acceptors (Lipinski definition) is 3. The molecule has 0 aromatic carbocycles. The number of likely N-dealkylation sites (tertiary alicyclic amines) is 1. The van der Waals surface area contributed by atoms with Gasteiger partial charge in [-0.1, -0.05) is 24.3 Å². The lowest BCUT2D eigenvalue weighted by atomic mass is 10.1. The molecule has 0 aliphatic carbocycles. The predicted molar refractivity (Wildman–Crippen MR) is 58.0 cm³/mol. The van der Waals surface area contributed by atoms with E-state index in [-0.39, 0.29) is 5.12 Å². The molecular formula is C10H17NOS. The van der Waals surface area contributed by atoms with E-state index in [1.807, 2.05) is 12.3 Å². The number of hydrogen-bond donors (Lipinski definition) is 0. The zero-order valence-corrected chi connectivity index (χ0v) is 8.98. The summed E-state index contributed by atoms with van der Waals surface area (Å²) in [6.45, 7) is 3.32. The molecule has 0 spiro atoms. The zero-order valence-electron chi connectivity index (χ0n) is 8.16. The first-order valence-corrected chi connectivity index (χ1v) is 6.02. The molecule has 1 aliphatic heterocycles. The smallest absolute Gasteiger partial charge is 0.211 e. The van der Waals surface area contributed by atoms with Crippen molar-refractivity contribution in [3.63, 3.8) is 0 Å². The molecule has 1 rings (SSSR count). The zero-order chi connectivity index (χ0) is 9.52. The molecule has 0 bridgehead atoms. The molecule has 0 saturated carbocycles. The molecule has 3 heteroatoms. The summed E-state index contributed by atoms with van der Waals surface area (Å²) in [5.74, 6) is 0. The summed E-state index contributed by atoms with van der Waals surface area (Å²) in [7, 11) is 0. The lowest BCUT2D eigenvalue weighted by molar-refractivity contribution is -0.107. The SMILES string of the molecule is CSC(=O)/C=C/CN1CCCCC1. The van der Waals surface area contributed by atoms with Crippen molar-refractivity contribution in [3.05, 3.63) is 12.2 Å². The van der Waals surface area contributed by atoms with Crippen molar-refractivity contribution in [2.24, 2.45) is 0 Å². The highest BCUT2D eigenvalue weighted by Gasteiger charge is 2.07. The second-order valence-electron chi connectivity index (χ2n) is 3.29. The molecule has 13 heavy (non-hydrogen) atoms. The van der Waals surface area contributed by atoms with Gasteiger partial charge in [0.05, 0.1) is 0 Å². The van der Waals surface area contributed by atoms with Gasteiger partial charge in [0.15, 0.2) is 0 Å². The van der Waals surface area contributed by atoms with Crippen LogP contribution in [0.5, 0.6) is 0 Å². The first-order valence-electron chi connectivity index (χ1n) is 4.80. The van der Waals surface area contributed by atoms with Crippen molar-refractivity contribution < 1.29 is 4.79 Å². The lowest BCUT2D eigenvalue weighted by Gasteiger charge is -2.24. The van der Waals surface area contributed by atoms with Crippen molar-refractivity contribution in [1.29, 1.82) is 0 Å². The average molecular weight is 199 g/mol. The van der Waals surface area contributed by atoms with Crippen LogP contribution in [0, 0.1) is 0 Å². The highest BCUT2D eigenvalue weighted by atomic mass is 32.2. The average Bonchev–Trinajstić information content (AvgIpc) is 2.19. The van der Waals surface area contributed by atoms with Gasteiger partial charge in [-0.2, -0.15) is 0 Å². The summed E-state index contributed by atoms with van der Waals surface area (Å²) >= 11 is 1.27. The van der Waals surface area contributed by atoms with E-state index in [4.69, 9.17) is 0 Å². The van der Waals surface area contributed by atoms with Crippen molar-refractivity contribution in [1.82, 2.24) is 4.90 Å². The van der Waals surface area contributed by atoms with E-state index in [1.165, 1.54) is 44.1 Å². The second-order valence-corrected chi connectivity index (χ2v) is 4.10. The largest absolute Gasteiger partial charge is 0.300 e. The van der Waals surface area contributed by atoms with Crippen molar-refractivity contribution in [2.75, 3.05) is 25.9 Å². The summed E-state index contributed by atoms with van der Waals surface area (Å²) in [6.07, 6.45) is 9.45. The van der Waals surface area contributed by atoms with Gasteiger partial charge in [-0.25, -0.2) is 0 Å². The first kappa shape index (κ1) is 10.8. The Bertz CT molecular complexity index is 185. The Labute approximate surface area is 84.4 Å². The quantitative estimate of drug-likeness (QED) is 0.648. The third kappa shape index (κ3) is 4.48. The van der Waals surface area contributed by atoms with E-state index >= 15 is 0 Å². The third-order valence-electron chi connectivity index (χ3n) is 2.27. The normalized spacial score (nSPS) is 19.5. The Hall–Kier alpha value is -0.280. The van der Waals surface area contributed by atoms with E-state index in [2.05, 4.69) is 4.90 Å². The molecule has 0 atom stereocenters. The Morgan fingerprint density at radius 3 is 2.69 bits per heavy atom. The fraction of sp³-hybridized carbons (Fsp3) is 0.700. The number of nitrogens with zero attached hydrogens (tertiary/aromatic N) is 1. The van der Waals surface area contributed by atoms with Gasteiger partial charge in [-0.05, 0) is 38.3 Å². The van der Waals surface area contributed by atoms with E-state index in [0.717, 1.165) is 6.54 Å². The lowest BCUT2D eigenvalue weighted by Crippen LogP contribution is -2.29. The molecular weight excluding hydrogens is 182 g/mol. The number of carbonyl (C=O) groups excluding carboxylic acids is 1. The molecule has 1 heterocycles. The van der Waals surface area contributed by atoms with Crippen LogP contribution in [-0.2, 0) is 4.79 Å². The Kier molecular flexibility index (Phi) is 5.16. The van der Waals surface area contributed by atoms with Gasteiger partial charge in [0.25, 0.3) is 0 Å². The molecule has 0 radical (unpaired) electrons. The van der Waals surface area contributed by atoms with Crippen LogP contribution in [0.1, 0.15) is 19.3 Å². The third-order valence-corrected chi connectivity index (χ3v) is 2.81. The molecule has 74 valence electrons. The maximum Gasteiger partial charge on any atom is 0.211 e. The summed E-state index contributed by atoms with van der Waals surface area (Å²) < 4.78 is 0. The minimum atomic E-state index is 0.150. The Balaban J connectivity index is 2.16. The van der Waals surface area contributed by atoms with Crippen LogP contribution in [0.4, 0.5) is 0 Å². The van der Waals surface area contributed by atoms with Gasteiger partial charge < -0.3 is 0 Å².